The molecule has 1 aliphatic rings. The number of aryl methyl sites for hydroxylation is 2. The van der Waals surface area contributed by atoms with Gasteiger partial charge in [-0.05, 0) is 114 Å². The van der Waals surface area contributed by atoms with E-state index in [0.29, 0.717) is 12.4 Å². The third-order valence-electron chi connectivity index (χ3n) is 6.54. The summed E-state index contributed by atoms with van der Waals surface area (Å²) in [6.45, 7) is 8.00. The van der Waals surface area contributed by atoms with Crippen molar-refractivity contribution >= 4 is 23.0 Å². The molecule has 0 unspecified atom stereocenters. The van der Waals surface area contributed by atoms with Crippen LogP contribution in [0.15, 0.2) is 72.8 Å². The van der Waals surface area contributed by atoms with Crippen LogP contribution in [0.3, 0.4) is 0 Å². The Bertz CT molecular complexity index is 1200. The lowest BCUT2D eigenvalue weighted by Crippen LogP contribution is -2.20. The number of ether oxygens (including phenoxy) is 1. The highest BCUT2D eigenvalue weighted by molar-refractivity contribution is 5.87. The maximum Gasteiger partial charge on any atom is 0.218 e. The number of carbonyl (C=O) groups excluding carboxylic acids is 1. The maximum absolute atomic E-state index is 11.8. The minimum Gasteiger partial charge on any atom is -0.488 e. The molecule has 6 nitrogen and oxygen atoms in total. The van der Waals surface area contributed by atoms with Crippen LogP contribution in [0, 0.1) is 6.92 Å². The number of amides is 1. The van der Waals surface area contributed by atoms with Gasteiger partial charge < -0.3 is 9.64 Å². The second-order valence-electron chi connectivity index (χ2n) is 9.32. The summed E-state index contributed by atoms with van der Waals surface area (Å²) in [5.74, 6) is 0.668. The molecule has 2 aromatic heterocycles. The van der Waals surface area contributed by atoms with Crippen molar-refractivity contribution in [2.45, 2.75) is 52.6 Å². The Morgan fingerprint density at radius 3 is 2.67 bits per heavy atom. The number of pyridine rings is 2. The van der Waals surface area contributed by atoms with Crippen LogP contribution in [0.25, 0.3) is 10.9 Å². The first kappa shape index (κ1) is 25.6. The average Bonchev–Trinajstić information content (AvgIpc) is 3.43. The standard InChI is InChI=1S/C30H36N4O2/c1-3-29(36-22-27-11-9-24(2)21-31-27)15-19-34(23-35)28-13-14-30-25(20-28)10-12-26(32-30)8-4-5-16-33-17-6-7-18-33/h3,9-15,19-21,23H,4-8,16-18,22H2,1-2H3/b19-15-,29-3+. The topological polar surface area (TPSA) is 58.6 Å². The van der Waals surface area contributed by atoms with Crippen molar-refractivity contribution in [2.24, 2.45) is 0 Å². The Morgan fingerprint density at radius 1 is 1.08 bits per heavy atom. The quantitative estimate of drug-likeness (QED) is 0.138. The molecule has 36 heavy (non-hydrogen) atoms. The van der Waals surface area contributed by atoms with E-state index in [4.69, 9.17) is 9.72 Å². The summed E-state index contributed by atoms with van der Waals surface area (Å²) >= 11 is 0. The third kappa shape index (κ3) is 7.25. The van der Waals surface area contributed by atoms with Gasteiger partial charge in [0, 0.05) is 29.2 Å². The second kappa shape index (κ2) is 13.0. The molecule has 1 aromatic carbocycles. The molecule has 0 aliphatic carbocycles. The summed E-state index contributed by atoms with van der Waals surface area (Å²) in [7, 11) is 0. The van der Waals surface area contributed by atoms with Crippen molar-refractivity contribution < 1.29 is 9.53 Å². The normalized spacial score (nSPS) is 14.6. The number of carbonyl (C=O) groups is 1. The summed E-state index contributed by atoms with van der Waals surface area (Å²) in [4.78, 5) is 25.2. The first-order valence-corrected chi connectivity index (χ1v) is 12.9. The Morgan fingerprint density at radius 2 is 1.92 bits per heavy atom. The number of rotatable bonds is 12. The van der Waals surface area contributed by atoms with Crippen LogP contribution in [-0.4, -0.2) is 40.9 Å². The summed E-state index contributed by atoms with van der Waals surface area (Å²) in [5.41, 5.74) is 4.83. The van der Waals surface area contributed by atoms with E-state index in [-0.39, 0.29) is 0 Å². The largest absolute Gasteiger partial charge is 0.488 e. The van der Waals surface area contributed by atoms with Crippen molar-refractivity contribution in [3.05, 3.63) is 89.7 Å². The lowest BCUT2D eigenvalue weighted by atomic mass is 10.1. The lowest BCUT2D eigenvalue weighted by Gasteiger charge is -2.15. The SMILES string of the molecule is C/C=C(\C=C/N(C=O)c1ccc2nc(CCCCN3CCCC3)ccc2c1)OCc1ccc(C)cn1. The smallest absolute Gasteiger partial charge is 0.218 e. The Balaban J connectivity index is 1.34. The average molecular weight is 485 g/mol. The van der Waals surface area contributed by atoms with Crippen molar-refractivity contribution in [2.75, 3.05) is 24.5 Å². The molecule has 1 amide bonds. The summed E-state index contributed by atoms with van der Waals surface area (Å²) < 4.78 is 5.86. The monoisotopic (exact) mass is 484 g/mol. The predicted octanol–water partition coefficient (Wildman–Crippen LogP) is 5.95. The lowest BCUT2D eigenvalue weighted by molar-refractivity contribution is -0.106. The van der Waals surface area contributed by atoms with Gasteiger partial charge in [0.05, 0.1) is 11.2 Å². The Kier molecular flexibility index (Phi) is 9.22. The fraction of sp³-hybridized carbons (Fsp3) is 0.367. The molecule has 0 atom stereocenters. The number of nitrogens with zero attached hydrogens (tertiary/aromatic N) is 4. The molecule has 188 valence electrons. The van der Waals surface area contributed by atoms with Crippen molar-refractivity contribution in [1.82, 2.24) is 14.9 Å². The second-order valence-corrected chi connectivity index (χ2v) is 9.32. The van der Waals surface area contributed by atoms with Crippen molar-refractivity contribution in [1.29, 1.82) is 0 Å². The van der Waals surface area contributed by atoms with Gasteiger partial charge >= 0.3 is 0 Å². The van der Waals surface area contributed by atoms with Crippen LogP contribution >= 0.6 is 0 Å². The molecule has 0 bridgehead atoms. The first-order chi connectivity index (χ1) is 17.6. The van der Waals surface area contributed by atoms with Gasteiger partial charge in [-0.25, -0.2) is 0 Å². The molecule has 3 heterocycles. The van der Waals surface area contributed by atoms with Crippen LogP contribution in [-0.2, 0) is 22.6 Å². The zero-order chi connectivity index (χ0) is 25.2. The molecule has 0 N–H and O–H groups in total. The number of allylic oxidation sites excluding steroid dienone is 2. The van der Waals surface area contributed by atoms with E-state index in [1.165, 1.54) is 38.9 Å². The van der Waals surface area contributed by atoms with Gasteiger partial charge in [0.1, 0.15) is 12.4 Å². The van der Waals surface area contributed by atoms with E-state index in [9.17, 15) is 4.79 Å². The minimum absolute atomic E-state index is 0.369. The molecule has 1 aliphatic heterocycles. The molecule has 6 heteroatoms. The van der Waals surface area contributed by atoms with Crippen LogP contribution in [0.4, 0.5) is 5.69 Å². The number of fused-ring (bicyclic) bond motifs is 1. The molecule has 4 rings (SSSR count). The van der Waals surface area contributed by atoms with Crippen molar-refractivity contribution in [3.63, 3.8) is 0 Å². The maximum atomic E-state index is 11.8. The number of hydrogen-bond acceptors (Lipinski definition) is 5. The molecule has 0 spiro atoms. The van der Waals surface area contributed by atoms with E-state index in [1.54, 1.807) is 17.2 Å². The van der Waals surface area contributed by atoms with E-state index in [1.807, 2.05) is 56.5 Å². The van der Waals surface area contributed by atoms with E-state index >= 15 is 0 Å². The third-order valence-corrected chi connectivity index (χ3v) is 6.54. The van der Waals surface area contributed by atoms with Crippen LogP contribution in [0.5, 0.6) is 0 Å². The fourth-order valence-corrected chi connectivity index (χ4v) is 4.41. The van der Waals surface area contributed by atoms with Gasteiger partial charge in [-0.2, -0.15) is 0 Å². The van der Waals surface area contributed by atoms with Gasteiger partial charge in [0.25, 0.3) is 0 Å². The Hall–Kier alpha value is -3.51. The van der Waals surface area contributed by atoms with E-state index in [2.05, 4.69) is 22.0 Å². The molecular formula is C30H36N4O2. The number of benzene rings is 1. The number of aromatic nitrogens is 2. The van der Waals surface area contributed by atoms with Gasteiger partial charge in [0.15, 0.2) is 0 Å². The molecule has 3 aromatic rings. The number of hydrogen-bond donors (Lipinski definition) is 0. The zero-order valence-corrected chi connectivity index (χ0v) is 21.4. The summed E-state index contributed by atoms with van der Waals surface area (Å²) in [6, 6.07) is 14.1. The zero-order valence-electron chi connectivity index (χ0n) is 21.4. The van der Waals surface area contributed by atoms with E-state index < -0.39 is 0 Å². The van der Waals surface area contributed by atoms with Gasteiger partial charge in [-0.15, -0.1) is 0 Å². The van der Waals surface area contributed by atoms with Gasteiger partial charge in [0.2, 0.25) is 6.41 Å². The van der Waals surface area contributed by atoms with Crippen LogP contribution < -0.4 is 4.90 Å². The summed E-state index contributed by atoms with van der Waals surface area (Å²) in [5, 5.41) is 1.02. The van der Waals surface area contributed by atoms with Gasteiger partial charge in [-0.3, -0.25) is 19.7 Å². The molecule has 0 radical (unpaired) electrons. The van der Waals surface area contributed by atoms with Gasteiger partial charge in [-0.1, -0.05) is 12.1 Å². The summed E-state index contributed by atoms with van der Waals surface area (Å²) in [6.07, 6.45) is 14.1. The molecule has 1 fully saturated rings. The predicted molar refractivity (Wildman–Crippen MR) is 146 cm³/mol. The fourth-order valence-electron chi connectivity index (χ4n) is 4.41. The highest BCUT2D eigenvalue weighted by Crippen LogP contribution is 2.22. The number of likely N-dealkylation sites (tertiary alicyclic amines) is 1. The minimum atomic E-state index is 0.369. The highest BCUT2D eigenvalue weighted by Gasteiger charge is 2.10. The molecule has 1 saturated heterocycles. The van der Waals surface area contributed by atoms with E-state index in [0.717, 1.165) is 52.8 Å². The number of unbranched alkanes of at least 4 members (excludes halogenated alkanes) is 1. The number of anilines is 1. The van der Waals surface area contributed by atoms with Crippen LogP contribution in [0.1, 0.15) is 49.6 Å². The van der Waals surface area contributed by atoms with Crippen LogP contribution in [0.2, 0.25) is 0 Å². The van der Waals surface area contributed by atoms with Crippen molar-refractivity contribution in [3.8, 4) is 0 Å². The Labute approximate surface area is 214 Å². The molecular weight excluding hydrogens is 448 g/mol. The first-order valence-electron chi connectivity index (χ1n) is 12.9. The molecule has 0 saturated carbocycles. The highest BCUT2D eigenvalue weighted by atomic mass is 16.5.